The van der Waals surface area contributed by atoms with Gasteiger partial charge in [0, 0.05) is 5.57 Å². The molecule has 0 aromatic heterocycles. The Morgan fingerprint density at radius 3 is 2.80 bits per heavy atom. The summed E-state index contributed by atoms with van der Waals surface area (Å²) in [6.07, 6.45) is 6.21. The summed E-state index contributed by atoms with van der Waals surface area (Å²) >= 11 is 0. The SMILES string of the molecule is CC12C/C(=C/O)C(=O)C=C1CCC1C2C(O)CC23C1CCC2(O)P3O. The number of carbonyl (C=O) groups is 1. The molecular weight excluding hydrogens is 339 g/mol. The molecule has 0 amide bonds. The van der Waals surface area contributed by atoms with Crippen LogP contribution in [0, 0.1) is 23.2 Å². The maximum absolute atomic E-state index is 12.2. The average Bonchev–Trinajstić information content (AvgIpc) is 2.87. The highest BCUT2D eigenvalue weighted by Gasteiger charge is 2.85. The summed E-state index contributed by atoms with van der Waals surface area (Å²) < 4.78 is 0. The second kappa shape index (κ2) is 4.75. The molecular formula is C19H25O5P. The van der Waals surface area contributed by atoms with Crippen LogP contribution in [0.5, 0.6) is 0 Å². The fourth-order valence-corrected chi connectivity index (χ4v) is 9.91. The Labute approximate surface area is 148 Å². The summed E-state index contributed by atoms with van der Waals surface area (Å²) in [5.74, 6) is 0.413. The van der Waals surface area contributed by atoms with Crippen molar-refractivity contribution in [2.75, 3.05) is 0 Å². The van der Waals surface area contributed by atoms with E-state index in [1.807, 2.05) is 0 Å². The van der Waals surface area contributed by atoms with Crippen LogP contribution in [-0.4, -0.2) is 42.6 Å². The van der Waals surface area contributed by atoms with Gasteiger partial charge in [0.2, 0.25) is 0 Å². The Morgan fingerprint density at radius 1 is 1.36 bits per heavy atom. The Kier molecular flexibility index (Phi) is 3.12. The van der Waals surface area contributed by atoms with Crippen LogP contribution in [0.25, 0.3) is 0 Å². The topological polar surface area (TPSA) is 98.0 Å². The second-order valence-electron chi connectivity index (χ2n) is 8.98. The van der Waals surface area contributed by atoms with Gasteiger partial charge in [-0.25, -0.2) is 0 Å². The molecule has 5 nitrogen and oxygen atoms in total. The molecule has 3 saturated carbocycles. The Morgan fingerprint density at radius 2 is 2.12 bits per heavy atom. The molecule has 6 heteroatoms. The highest BCUT2D eigenvalue weighted by molar-refractivity contribution is 7.64. The molecule has 5 aliphatic rings. The van der Waals surface area contributed by atoms with Gasteiger partial charge in [-0.15, -0.1) is 0 Å². The van der Waals surface area contributed by atoms with Gasteiger partial charge in [-0.3, -0.25) is 4.79 Å². The van der Waals surface area contributed by atoms with Gasteiger partial charge in [0.15, 0.2) is 5.78 Å². The Balaban J connectivity index is 1.57. The van der Waals surface area contributed by atoms with E-state index in [0.717, 1.165) is 31.1 Å². The lowest BCUT2D eigenvalue weighted by Gasteiger charge is -2.57. The van der Waals surface area contributed by atoms with Gasteiger partial charge < -0.3 is 20.2 Å². The molecule has 1 heterocycles. The monoisotopic (exact) mass is 364 g/mol. The predicted molar refractivity (Wildman–Crippen MR) is 92.9 cm³/mol. The normalized spacial score (nSPS) is 58.1. The van der Waals surface area contributed by atoms with Crippen molar-refractivity contribution in [3.05, 3.63) is 23.5 Å². The van der Waals surface area contributed by atoms with Crippen molar-refractivity contribution in [1.29, 1.82) is 0 Å². The third kappa shape index (κ3) is 1.67. The van der Waals surface area contributed by atoms with Crippen molar-refractivity contribution >= 4 is 13.9 Å². The molecule has 1 aliphatic heterocycles. The van der Waals surface area contributed by atoms with Crippen molar-refractivity contribution in [1.82, 2.24) is 0 Å². The third-order valence-corrected chi connectivity index (χ3v) is 11.0. The minimum atomic E-state index is -1.41. The molecule has 0 bridgehead atoms. The lowest BCUT2D eigenvalue weighted by atomic mass is 9.48. The zero-order chi connectivity index (χ0) is 17.8. The molecule has 5 rings (SSSR count). The maximum atomic E-state index is 12.2. The highest BCUT2D eigenvalue weighted by atomic mass is 31.2. The fraction of sp³-hybridized carbons (Fsp3) is 0.737. The average molecular weight is 364 g/mol. The van der Waals surface area contributed by atoms with Crippen LogP contribution in [0.15, 0.2) is 23.5 Å². The number of hydrogen-bond acceptors (Lipinski definition) is 5. The maximum Gasteiger partial charge on any atom is 0.184 e. The van der Waals surface area contributed by atoms with Crippen molar-refractivity contribution in [2.24, 2.45) is 23.2 Å². The van der Waals surface area contributed by atoms with Crippen molar-refractivity contribution < 1.29 is 25.0 Å². The van der Waals surface area contributed by atoms with Gasteiger partial charge in [0.05, 0.1) is 25.7 Å². The van der Waals surface area contributed by atoms with Crippen LogP contribution in [0.2, 0.25) is 0 Å². The number of hydrogen-bond donors (Lipinski definition) is 4. The zero-order valence-electron chi connectivity index (χ0n) is 14.4. The fourth-order valence-electron chi connectivity index (χ4n) is 7.18. The van der Waals surface area contributed by atoms with Gasteiger partial charge in [0.1, 0.15) is 5.34 Å². The number of aliphatic hydroxyl groups excluding tert-OH is 2. The number of rotatable bonds is 0. The number of aliphatic hydroxyl groups is 3. The Bertz CT molecular complexity index is 731. The summed E-state index contributed by atoms with van der Waals surface area (Å²) in [5.41, 5.74) is 1.17. The molecule has 8 atom stereocenters. The van der Waals surface area contributed by atoms with Crippen LogP contribution in [0.1, 0.15) is 45.4 Å². The summed E-state index contributed by atoms with van der Waals surface area (Å²) in [4.78, 5) is 22.7. The molecule has 0 aromatic rings. The van der Waals surface area contributed by atoms with E-state index in [9.17, 15) is 25.0 Å². The zero-order valence-corrected chi connectivity index (χ0v) is 15.2. The van der Waals surface area contributed by atoms with Gasteiger partial charge >= 0.3 is 0 Å². The van der Waals surface area contributed by atoms with Gasteiger partial charge in [0.25, 0.3) is 0 Å². The largest absolute Gasteiger partial charge is 0.515 e. The van der Waals surface area contributed by atoms with Crippen LogP contribution in [0.4, 0.5) is 0 Å². The molecule has 0 radical (unpaired) electrons. The molecule has 0 aromatic carbocycles. The van der Waals surface area contributed by atoms with Crippen molar-refractivity contribution in [3.63, 3.8) is 0 Å². The predicted octanol–water partition coefficient (Wildman–Crippen LogP) is 2.36. The van der Waals surface area contributed by atoms with Gasteiger partial charge in [-0.2, -0.15) is 0 Å². The number of fused-ring (bicyclic) bond motifs is 4. The van der Waals surface area contributed by atoms with Crippen LogP contribution >= 0.6 is 8.15 Å². The number of ketones is 1. The summed E-state index contributed by atoms with van der Waals surface area (Å²) in [6, 6.07) is 0. The number of carbonyl (C=O) groups excluding carboxylic acids is 1. The van der Waals surface area contributed by atoms with Gasteiger partial charge in [-0.1, -0.05) is 12.5 Å². The van der Waals surface area contributed by atoms with E-state index in [-0.39, 0.29) is 29.0 Å². The van der Waals surface area contributed by atoms with Crippen LogP contribution in [0.3, 0.4) is 0 Å². The number of allylic oxidation sites excluding steroid dienone is 2. The van der Waals surface area contributed by atoms with Crippen LogP contribution < -0.4 is 0 Å². The van der Waals surface area contributed by atoms with Crippen molar-refractivity contribution in [2.45, 2.75) is 62.1 Å². The van der Waals surface area contributed by atoms with Crippen molar-refractivity contribution in [3.8, 4) is 0 Å². The van der Waals surface area contributed by atoms with E-state index in [1.54, 1.807) is 6.08 Å². The first-order valence-electron chi connectivity index (χ1n) is 9.28. The van der Waals surface area contributed by atoms with E-state index < -0.39 is 24.8 Å². The molecule has 1 saturated heterocycles. The molecule has 4 fully saturated rings. The molecule has 4 N–H and O–H groups in total. The highest BCUT2D eigenvalue weighted by Crippen LogP contribution is 2.91. The smallest absolute Gasteiger partial charge is 0.184 e. The van der Waals surface area contributed by atoms with E-state index in [1.165, 1.54) is 0 Å². The minimum absolute atomic E-state index is 0.0116. The molecule has 136 valence electrons. The molecule has 4 aliphatic carbocycles. The molecule has 1 spiro atoms. The lowest BCUT2D eigenvalue weighted by molar-refractivity contribution is -0.115. The van der Waals surface area contributed by atoms with E-state index >= 15 is 0 Å². The third-order valence-electron chi connectivity index (χ3n) is 8.25. The van der Waals surface area contributed by atoms with E-state index in [0.29, 0.717) is 24.8 Å². The standard InChI is InChI=1S/C19H25O5P/c1-17-7-10(9-20)14(21)6-11(17)2-3-12-13-4-5-19(23)18(13,25(19)24)8-15(22)16(12)17/h6,9,12-13,15-16,20,22-24H,2-5,7-8H2,1H3/b10-9-. The Hall–Kier alpha value is -0.740. The van der Waals surface area contributed by atoms with E-state index in [2.05, 4.69) is 6.92 Å². The first-order chi connectivity index (χ1) is 11.8. The van der Waals surface area contributed by atoms with E-state index in [4.69, 9.17) is 0 Å². The first-order valence-corrected chi connectivity index (χ1v) is 10.6. The quantitative estimate of drug-likeness (QED) is 0.301. The second-order valence-corrected chi connectivity index (χ2v) is 11.1. The lowest BCUT2D eigenvalue weighted by Crippen LogP contribution is -2.56. The summed E-state index contributed by atoms with van der Waals surface area (Å²) in [5, 5.41) is 30.0. The molecule has 25 heavy (non-hydrogen) atoms. The summed E-state index contributed by atoms with van der Waals surface area (Å²) in [6.45, 7) is 2.11. The first kappa shape index (κ1) is 16.4. The minimum Gasteiger partial charge on any atom is -0.515 e. The molecule has 8 unspecified atom stereocenters. The summed E-state index contributed by atoms with van der Waals surface area (Å²) in [7, 11) is -1.41. The van der Waals surface area contributed by atoms with Gasteiger partial charge in [-0.05, 0) is 67.8 Å². The van der Waals surface area contributed by atoms with Crippen LogP contribution in [-0.2, 0) is 4.79 Å².